The highest BCUT2D eigenvalue weighted by Gasteiger charge is 2.09. The lowest BCUT2D eigenvalue weighted by molar-refractivity contribution is -0.120. The van der Waals surface area contributed by atoms with Crippen molar-refractivity contribution in [1.29, 1.82) is 0 Å². The standard InChI is InChI=1S/C16H25BrN2O2/c1-4-7-19-11-13-10-14(17)9-12(2)16(13)21-8-5-6-15(20)18-3/h9-10,19H,4-8,11H2,1-3H3,(H,18,20). The topological polar surface area (TPSA) is 50.4 Å². The summed E-state index contributed by atoms with van der Waals surface area (Å²) in [6, 6.07) is 4.14. The predicted molar refractivity (Wildman–Crippen MR) is 89.7 cm³/mol. The quantitative estimate of drug-likeness (QED) is 0.668. The minimum absolute atomic E-state index is 0.0518. The molecule has 5 heteroatoms. The highest BCUT2D eigenvalue weighted by atomic mass is 79.9. The van der Waals surface area contributed by atoms with Crippen molar-refractivity contribution in [2.45, 2.75) is 39.7 Å². The van der Waals surface area contributed by atoms with Crippen molar-refractivity contribution in [2.24, 2.45) is 0 Å². The van der Waals surface area contributed by atoms with E-state index in [0.717, 1.165) is 47.3 Å². The van der Waals surface area contributed by atoms with Gasteiger partial charge in [-0.15, -0.1) is 0 Å². The third-order valence-electron chi connectivity index (χ3n) is 3.13. The number of aryl methyl sites for hydroxylation is 1. The maximum atomic E-state index is 11.2. The van der Waals surface area contributed by atoms with E-state index < -0.39 is 0 Å². The number of ether oxygens (including phenoxy) is 1. The molecular formula is C16H25BrN2O2. The van der Waals surface area contributed by atoms with E-state index in [1.165, 1.54) is 0 Å². The number of nitrogens with one attached hydrogen (secondary N) is 2. The summed E-state index contributed by atoms with van der Waals surface area (Å²) < 4.78 is 6.97. The van der Waals surface area contributed by atoms with Crippen LogP contribution >= 0.6 is 15.9 Å². The molecule has 2 N–H and O–H groups in total. The third-order valence-corrected chi connectivity index (χ3v) is 3.59. The highest BCUT2D eigenvalue weighted by Crippen LogP contribution is 2.28. The summed E-state index contributed by atoms with van der Waals surface area (Å²) in [5.41, 5.74) is 2.26. The van der Waals surface area contributed by atoms with Gasteiger partial charge in [-0.3, -0.25) is 4.79 Å². The van der Waals surface area contributed by atoms with E-state index in [1.54, 1.807) is 7.05 Å². The van der Waals surface area contributed by atoms with E-state index in [4.69, 9.17) is 4.74 Å². The van der Waals surface area contributed by atoms with Crippen LogP contribution in [0.4, 0.5) is 0 Å². The number of carbonyl (C=O) groups excluding carboxylic acids is 1. The van der Waals surface area contributed by atoms with Crippen molar-refractivity contribution in [3.63, 3.8) is 0 Å². The Morgan fingerprint density at radius 1 is 1.38 bits per heavy atom. The number of halogens is 1. The van der Waals surface area contributed by atoms with Gasteiger partial charge in [0, 0.05) is 30.0 Å². The Morgan fingerprint density at radius 3 is 2.81 bits per heavy atom. The van der Waals surface area contributed by atoms with E-state index in [1.807, 2.05) is 6.92 Å². The Balaban J connectivity index is 2.63. The van der Waals surface area contributed by atoms with Crippen molar-refractivity contribution < 1.29 is 9.53 Å². The molecule has 1 aromatic carbocycles. The molecule has 0 aliphatic carbocycles. The fraction of sp³-hybridized carbons (Fsp3) is 0.562. The van der Waals surface area contributed by atoms with Crippen LogP contribution < -0.4 is 15.4 Å². The summed E-state index contributed by atoms with van der Waals surface area (Å²) in [4.78, 5) is 11.2. The zero-order chi connectivity index (χ0) is 15.7. The van der Waals surface area contributed by atoms with E-state index in [0.29, 0.717) is 13.0 Å². The zero-order valence-electron chi connectivity index (χ0n) is 13.1. The van der Waals surface area contributed by atoms with Crippen molar-refractivity contribution in [2.75, 3.05) is 20.2 Å². The Hall–Kier alpha value is -1.07. The monoisotopic (exact) mass is 356 g/mol. The second-order valence-corrected chi connectivity index (χ2v) is 5.93. The summed E-state index contributed by atoms with van der Waals surface area (Å²) in [7, 11) is 1.65. The number of benzene rings is 1. The van der Waals surface area contributed by atoms with E-state index >= 15 is 0 Å². The molecule has 0 bridgehead atoms. The van der Waals surface area contributed by atoms with Crippen LogP contribution in [0.15, 0.2) is 16.6 Å². The molecule has 118 valence electrons. The maximum absolute atomic E-state index is 11.2. The first-order valence-electron chi connectivity index (χ1n) is 7.41. The lowest BCUT2D eigenvalue weighted by Crippen LogP contribution is -2.18. The Morgan fingerprint density at radius 2 is 2.14 bits per heavy atom. The normalized spacial score (nSPS) is 10.5. The van der Waals surface area contributed by atoms with Crippen LogP contribution in [0.3, 0.4) is 0 Å². The van der Waals surface area contributed by atoms with Crippen LogP contribution in [0.2, 0.25) is 0 Å². The van der Waals surface area contributed by atoms with Crippen LogP contribution in [0.1, 0.15) is 37.3 Å². The van der Waals surface area contributed by atoms with Crippen molar-refractivity contribution in [3.05, 3.63) is 27.7 Å². The largest absolute Gasteiger partial charge is 0.493 e. The molecule has 21 heavy (non-hydrogen) atoms. The highest BCUT2D eigenvalue weighted by molar-refractivity contribution is 9.10. The maximum Gasteiger partial charge on any atom is 0.219 e. The number of rotatable bonds is 9. The molecule has 0 heterocycles. The molecule has 0 saturated heterocycles. The lowest BCUT2D eigenvalue weighted by atomic mass is 10.1. The van der Waals surface area contributed by atoms with Crippen LogP contribution in [0.5, 0.6) is 5.75 Å². The second kappa shape index (κ2) is 9.79. The van der Waals surface area contributed by atoms with Gasteiger partial charge >= 0.3 is 0 Å². The minimum Gasteiger partial charge on any atom is -0.493 e. The van der Waals surface area contributed by atoms with Crippen LogP contribution in [-0.4, -0.2) is 26.1 Å². The van der Waals surface area contributed by atoms with Crippen molar-refractivity contribution in [3.8, 4) is 5.75 Å². The first-order chi connectivity index (χ1) is 10.1. The second-order valence-electron chi connectivity index (χ2n) is 5.01. The Bertz CT molecular complexity index is 464. The molecule has 0 atom stereocenters. The van der Waals surface area contributed by atoms with E-state index in [2.05, 4.69) is 45.6 Å². The molecule has 0 aromatic heterocycles. The van der Waals surface area contributed by atoms with Gasteiger partial charge in [0.1, 0.15) is 5.75 Å². The number of hydrogen-bond donors (Lipinski definition) is 2. The molecule has 0 aliphatic rings. The lowest BCUT2D eigenvalue weighted by Gasteiger charge is -2.15. The molecule has 0 radical (unpaired) electrons. The first-order valence-corrected chi connectivity index (χ1v) is 8.20. The summed E-state index contributed by atoms with van der Waals surface area (Å²) >= 11 is 3.53. The molecule has 1 rings (SSSR count). The zero-order valence-corrected chi connectivity index (χ0v) is 14.7. The van der Waals surface area contributed by atoms with Gasteiger partial charge in [-0.05, 0) is 44.0 Å². The molecule has 0 aliphatic heterocycles. The minimum atomic E-state index is 0.0518. The van der Waals surface area contributed by atoms with Crippen LogP contribution in [0.25, 0.3) is 0 Å². The van der Waals surface area contributed by atoms with E-state index in [-0.39, 0.29) is 5.91 Å². The average molecular weight is 357 g/mol. The van der Waals surface area contributed by atoms with Gasteiger partial charge < -0.3 is 15.4 Å². The molecule has 0 spiro atoms. The van der Waals surface area contributed by atoms with Gasteiger partial charge in [-0.1, -0.05) is 22.9 Å². The molecule has 0 fully saturated rings. The van der Waals surface area contributed by atoms with E-state index in [9.17, 15) is 4.79 Å². The third kappa shape index (κ3) is 6.48. The predicted octanol–water partition coefficient (Wildman–Crippen LogP) is 3.16. The summed E-state index contributed by atoms with van der Waals surface area (Å²) in [5, 5.41) is 6.02. The first kappa shape index (κ1) is 18.0. The molecule has 0 unspecified atom stereocenters. The SMILES string of the molecule is CCCNCc1cc(Br)cc(C)c1OCCCC(=O)NC. The molecule has 4 nitrogen and oxygen atoms in total. The fourth-order valence-corrected chi connectivity index (χ4v) is 2.69. The summed E-state index contributed by atoms with van der Waals surface area (Å²) in [6.07, 6.45) is 2.32. The molecule has 1 amide bonds. The van der Waals surface area contributed by atoms with Crippen LogP contribution in [0, 0.1) is 6.92 Å². The smallest absolute Gasteiger partial charge is 0.219 e. The van der Waals surface area contributed by atoms with Gasteiger partial charge in [0.2, 0.25) is 5.91 Å². The summed E-state index contributed by atoms with van der Waals surface area (Å²) in [5.74, 6) is 0.981. The van der Waals surface area contributed by atoms with Gasteiger partial charge in [-0.2, -0.15) is 0 Å². The van der Waals surface area contributed by atoms with Gasteiger partial charge in [0.25, 0.3) is 0 Å². The fourth-order valence-electron chi connectivity index (χ4n) is 2.07. The summed E-state index contributed by atoms with van der Waals surface area (Å²) in [6.45, 7) is 6.52. The Labute approximate surface area is 135 Å². The van der Waals surface area contributed by atoms with Gasteiger partial charge in [-0.25, -0.2) is 0 Å². The molecular weight excluding hydrogens is 332 g/mol. The number of amides is 1. The van der Waals surface area contributed by atoms with Gasteiger partial charge in [0.15, 0.2) is 0 Å². The van der Waals surface area contributed by atoms with Crippen molar-refractivity contribution >= 4 is 21.8 Å². The van der Waals surface area contributed by atoms with Gasteiger partial charge in [0.05, 0.1) is 6.61 Å². The van der Waals surface area contributed by atoms with Crippen LogP contribution in [-0.2, 0) is 11.3 Å². The number of hydrogen-bond acceptors (Lipinski definition) is 3. The molecule has 1 aromatic rings. The average Bonchev–Trinajstić information content (AvgIpc) is 2.45. The van der Waals surface area contributed by atoms with Crippen molar-refractivity contribution in [1.82, 2.24) is 10.6 Å². The molecule has 0 saturated carbocycles. The Kier molecular flexibility index (Phi) is 8.38. The number of carbonyl (C=O) groups is 1.